The number of anilines is 2. The van der Waals surface area contributed by atoms with E-state index >= 15 is 0 Å². The number of carbonyl (C=O) groups is 1. The van der Waals surface area contributed by atoms with E-state index in [1.807, 2.05) is 36.6 Å². The van der Waals surface area contributed by atoms with Crippen molar-refractivity contribution in [1.29, 1.82) is 0 Å². The summed E-state index contributed by atoms with van der Waals surface area (Å²) < 4.78 is 4.26. The molecule has 0 bridgehead atoms. The van der Waals surface area contributed by atoms with Gasteiger partial charge in [-0.1, -0.05) is 24.3 Å². The van der Waals surface area contributed by atoms with Gasteiger partial charge in [0.1, 0.15) is 10.8 Å². The molecule has 1 N–H and O–H groups in total. The molecule has 0 saturated carbocycles. The van der Waals surface area contributed by atoms with E-state index in [1.54, 1.807) is 0 Å². The van der Waals surface area contributed by atoms with Crippen LogP contribution in [0.1, 0.15) is 22.5 Å². The Morgan fingerprint density at radius 2 is 2.14 bits per heavy atom. The van der Waals surface area contributed by atoms with Gasteiger partial charge in [0.25, 0.3) is 0 Å². The molecular weight excluding hydrogens is 400 g/mol. The number of hydrogen-bond donors (Lipinski definition) is 1. The average molecular weight is 425 g/mol. The summed E-state index contributed by atoms with van der Waals surface area (Å²) in [4.78, 5) is 19.3. The molecule has 0 saturated heterocycles. The number of benzene rings is 2. The SMILES string of the molecule is CSCc1cccc2c1CCN2C(=O)CNc1cc(-c2nc(C)ns2)ccc1C. The van der Waals surface area contributed by atoms with Crippen LogP contribution in [0.25, 0.3) is 10.6 Å². The lowest BCUT2D eigenvalue weighted by Crippen LogP contribution is -2.34. The molecule has 1 aliphatic rings. The lowest BCUT2D eigenvalue weighted by molar-refractivity contribution is -0.116. The third kappa shape index (κ3) is 4.16. The number of aryl methyl sites for hydroxylation is 2. The minimum Gasteiger partial charge on any atom is -0.376 e. The van der Waals surface area contributed by atoms with Crippen molar-refractivity contribution in [2.24, 2.45) is 0 Å². The Labute approximate surface area is 179 Å². The minimum atomic E-state index is 0.0987. The predicted molar refractivity (Wildman–Crippen MR) is 123 cm³/mol. The molecule has 1 aliphatic heterocycles. The first-order valence-electron chi connectivity index (χ1n) is 9.62. The van der Waals surface area contributed by atoms with Crippen molar-refractivity contribution in [2.45, 2.75) is 26.0 Å². The quantitative estimate of drug-likeness (QED) is 0.622. The summed E-state index contributed by atoms with van der Waals surface area (Å²) in [5, 5.41) is 4.23. The van der Waals surface area contributed by atoms with Crippen molar-refractivity contribution in [3.05, 3.63) is 58.9 Å². The van der Waals surface area contributed by atoms with Crippen LogP contribution in [0.4, 0.5) is 11.4 Å². The number of nitrogens with one attached hydrogen (secondary N) is 1. The molecule has 5 nitrogen and oxygen atoms in total. The standard InChI is InChI=1S/C22H24N4OS2/c1-14-7-8-16(22-24-15(2)25-29-22)11-19(14)23-12-21(27)26-10-9-18-17(13-28-3)5-4-6-20(18)26/h4-8,11,23H,9-10,12-13H2,1-3H3. The highest BCUT2D eigenvalue weighted by atomic mass is 32.2. The average Bonchev–Trinajstić information content (AvgIpc) is 3.34. The van der Waals surface area contributed by atoms with Crippen LogP contribution in [-0.4, -0.2) is 34.6 Å². The molecule has 1 aromatic heterocycles. The molecule has 29 heavy (non-hydrogen) atoms. The molecule has 150 valence electrons. The van der Waals surface area contributed by atoms with Crippen LogP contribution in [0.2, 0.25) is 0 Å². The van der Waals surface area contributed by atoms with Gasteiger partial charge in [-0.2, -0.15) is 16.1 Å². The maximum Gasteiger partial charge on any atom is 0.246 e. The van der Waals surface area contributed by atoms with Crippen LogP contribution in [0.3, 0.4) is 0 Å². The molecule has 1 amide bonds. The second kappa shape index (κ2) is 8.55. The van der Waals surface area contributed by atoms with Gasteiger partial charge >= 0.3 is 0 Å². The first-order valence-corrected chi connectivity index (χ1v) is 11.8. The molecule has 0 atom stereocenters. The van der Waals surface area contributed by atoms with E-state index in [1.165, 1.54) is 22.7 Å². The van der Waals surface area contributed by atoms with E-state index < -0.39 is 0 Å². The zero-order valence-corrected chi connectivity index (χ0v) is 18.5. The third-order valence-electron chi connectivity index (χ3n) is 5.17. The number of carbonyl (C=O) groups excluding carboxylic acids is 1. The zero-order chi connectivity index (χ0) is 20.4. The van der Waals surface area contributed by atoms with E-state index in [-0.39, 0.29) is 12.5 Å². The van der Waals surface area contributed by atoms with Gasteiger partial charge in [-0.3, -0.25) is 4.79 Å². The molecule has 4 rings (SSSR count). The van der Waals surface area contributed by atoms with E-state index in [0.717, 1.165) is 52.1 Å². The van der Waals surface area contributed by atoms with E-state index in [0.29, 0.717) is 0 Å². The number of thioether (sulfide) groups is 1. The van der Waals surface area contributed by atoms with Crippen molar-refractivity contribution in [2.75, 3.05) is 29.6 Å². The fraction of sp³-hybridized carbons (Fsp3) is 0.318. The maximum atomic E-state index is 13.0. The molecule has 2 aromatic carbocycles. The molecule has 2 heterocycles. The fourth-order valence-electron chi connectivity index (χ4n) is 3.68. The Hall–Kier alpha value is -2.38. The van der Waals surface area contributed by atoms with Crippen LogP contribution >= 0.6 is 23.3 Å². The molecule has 0 fully saturated rings. The van der Waals surface area contributed by atoms with Gasteiger partial charge in [0.05, 0.1) is 6.54 Å². The minimum absolute atomic E-state index is 0.0987. The van der Waals surface area contributed by atoms with Gasteiger partial charge in [0.15, 0.2) is 0 Å². The monoisotopic (exact) mass is 424 g/mol. The lowest BCUT2D eigenvalue weighted by Gasteiger charge is -2.19. The lowest BCUT2D eigenvalue weighted by atomic mass is 10.1. The number of rotatable bonds is 6. The Kier molecular flexibility index (Phi) is 5.87. The van der Waals surface area contributed by atoms with Crippen molar-refractivity contribution in [3.63, 3.8) is 0 Å². The molecule has 0 radical (unpaired) electrons. The predicted octanol–water partition coefficient (Wildman–Crippen LogP) is 4.69. The van der Waals surface area contributed by atoms with Gasteiger partial charge in [-0.25, -0.2) is 4.98 Å². The van der Waals surface area contributed by atoms with E-state index in [2.05, 4.69) is 51.3 Å². The maximum absolute atomic E-state index is 13.0. The van der Waals surface area contributed by atoms with Crippen molar-refractivity contribution >= 4 is 40.6 Å². The van der Waals surface area contributed by atoms with E-state index in [9.17, 15) is 4.79 Å². The smallest absolute Gasteiger partial charge is 0.246 e. The van der Waals surface area contributed by atoms with Crippen LogP contribution in [0.15, 0.2) is 36.4 Å². The van der Waals surface area contributed by atoms with Gasteiger partial charge in [-0.15, -0.1) is 0 Å². The summed E-state index contributed by atoms with van der Waals surface area (Å²) in [6.07, 6.45) is 3.05. The third-order valence-corrected chi connectivity index (χ3v) is 6.62. The summed E-state index contributed by atoms with van der Waals surface area (Å²) >= 11 is 3.21. The summed E-state index contributed by atoms with van der Waals surface area (Å²) in [5.74, 6) is 1.87. The van der Waals surface area contributed by atoms with Gasteiger partial charge in [0.2, 0.25) is 5.91 Å². The normalized spacial score (nSPS) is 12.9. The Bertz CT molecular complexity index is 1050. The Morgan fingerprint density at radius 3 is 2.90 bits per heavy atom. The molecule has 3 aromatic rings. The van der Waals surface area contributed by atoms with Gasteiger partial charge in [0, 0.05) is 29.2 Å². The zero-order valence-electron chi connectivity index (χ0n) is 16.9. The van der Waals surface area contributed by atoms with Crippen molar-refractivity contribution < 1.29 is 4.79 Å². The highest BCUT2D eigenvalue weighted by Gasteiger charge is 2.26. The topological polar surface area (TPSA) is 58.1 Å². The Balaban J connectivity index is 1.48. The number of hydrogen-bond acceptors (Lipinski definition) is 6. The van der Waals surface area contributed by atoms with Gasteiger partial charge < -0.3 is 10.2 Å². The summed E-state index contributed by atoms with van der Waals surface area (Å²) in [7, 11) is 0. The van der Waals surface area contributed by atoms with E-state index in [4.69, 9.17) is 0 Å². The van der Waals surface area contributed by atoms with Gasteiger partial charge in [-0.05, 0) is 66.9 Å². The number of aromatic nitrogens is 2. The highest BCUT2D eigenvalue weighted by Crippen LogP contribution is 2.32. The fourth-order valence-corrected chi connectivity index (χ4v) is 4.93. The second-order valence-electron chi connectivity index (χ2n) is 7.17. The summed E-state index contributed by atoms with van der Waals surface area (Å²) in [6.45, 7) is 4.96. The molecule has 0 aliphatic carbocycles. The largest absolute Gasteiger partial charge is 0.376 e. The number of amides is 1. The first kappa shape index (κ1) is 19.9. The van der Waals surface area contributed by atoms with Crippen LogP contribution in [0, 0.1) is 13.8 Å². The Morgan fingerprint density at radius 1 is 1.28 bits per heavy atom. The van der Waals surface area contributed by atoms with Crippen molar-refractivity contribution in [3.8, 4) is 10.6 Å². The summed E-state index contributed by atoms with van der Waals surface area (Å²) in [6, 6.07) is 12.4. The second-order valence-corrected chi connectivity index (χ2v) is 8.79. The molecule has 0 unspecified atom stereocenters. The highest BCUT2D eigenvalue weighted by molar-refractivity contribution is 7.97. The molecular formula is C22H24N4OS2. The first-order chi connectivity index (χ1) is 14.1. The van der Waals surface area contributed by atoms with Crippen LogP contribution < -0.4 is 10.2 Å². The van der Waals surface area contributed by atoms with Crippen LogP contribution in [0.5, 0.6) is 0 Å². The molecule has 0 spiro atoms. The van der Waals surface area contributed by atoms with Crippen molar-refractivity contribution in [1.82, 2.24) is 9.36 Å². The summed E-state index contributed by atoms with van der Waals surface area (Å²) in [5.41, 5.74) is 6.81. The molecule has 7 heteroatoms. The number of fused-ring (bicyclic) bond motifs is 1. The van der Waals surface area contributed by atoms with Crippen LogP contribution in [-0.2, 0) is 17.0 Å². The number of nitrogens with zero attached hydrogens (tertiary/aromatic N) is 3.